The van der Waals surface area contributed by atoms with E-state index in [1.165, 1.54) is 0 Å². The summed E-state index contributed by atoms with van der Waals surface area (Å²) in [7, 11) is 1.60. The molecule has 0 aliphatic carbocycles. The predicted molar refractivity (Wildman–Crippen MR) is 85.6 cm³/mol. The van der Waals surface area contributed by atoms with Crippen LogP contribution in [-0.4, -0.2) is 23.2 Å². The molecule has 0 radical (unpaired) electrons. The van der Waals surface area contributed by atoms with E-state index in [0.717, 1.165) is 11.3 Å². The molecule has 0 bridgehead atoms. The second kappa shape index (κ2) is 6.82. The highest BCUT2D eigenvalue weighted by atomic mass is 16.5. The van der Waals surface area contributed by atoms with Gasteiger partial charge in [-0.2, -0.15) is 0 Å². The number of amides is 1. The first-order valence-electron chi connectivity index (χ1n) is 7.15. The highest BCUT2D eigenvalue weighted by Gasteiger charge is 2.09. The van der Waals surface area contributed by atoms with Gasteiger partial charge in [0.25, 0.3) is 5.89 Å². The Morgan fingerprint density at radius 2 is 1.71 bits per heavy atom. The van der Waals surface area contributed by atoms with E-state index in [9.17, 15) is 4.79 Å². The van der Waals surface area contributed by atoms with Crippen LogP contribution in [0.5, 0.6) is 11.5 Å². The number of rotatable bonds is 6. The van der Waals surface area contributed by atoms with Crippen LogP contribution in [0.1, 0.15) is 16.2 Å². The molecule has 0 fully saturated rings. The monoisotopic (exact) mass is 325 g/mol. The standard InChI is InChI=1S/C17H15N3O4/c1-22-13-6-4-12(5-7-13)17-20-19-15(24-17)10-23-14-8-2-11(3-9-14)16(18)21/h2-9H,10H2,1H3,(H2,18,21). The number of benzene rings is 2. The number of carbonyl (C=O) groups excluding carboxylic acids is 1. The second-order valence-corrected chi connectivity index (χ2v) is 4.91. The van der Waals surface area contributed by atoms with Gasteiger partial charge in [0.15, 0.2) is 6.61 Å². The minimum atomic E-state index is -0.484. The molecule has 2 N–H and O–H groups in total. The first-order chi connectivity index (χ1) is 11.7. The third-order valence-electron chi connectivity index (χ3n) is 3.30. The van der Waals surface area contributed by atoms with Gasteiger partial charge < -0.3 is 19.6 Å². The molecule has 1 amide bonds. The minimum absolute atomic E-state index is 0.124. The summed E-state index contributed by atoms with van der Waals surface area (Å²) in [4.78, 5) is 11.0. The first-order valence-corrected chi connectivity index (χ1v) is 7.15. The van der Waals surface area contributed by atoms with Gasteiger partial charge in [-0.3, -0.25) is 4.79 Å². The zero-order valence-corrected chi connectivity index (χ0v) is 12.9. The summed E-state index contributed by atoms with van der Waals surface area (Å²) in [5, 5.41) is 7.94. The molecule has 1 heterocycles. The number of methoxy groups -OCH3 is 1. The molecular weight excluding hydrogens is 310 g/mol. The average molecular weight is 325 g/mol. The highest BCUT2D eigenvalue weighted by Crippen LogP contribution is 2.21. The summed E-state index contributed by atoms with van der Waals surface area (Å²) in [5.74, 6) is 1.59. The third kappa shape index (κ3) is 3.52. The van der Waals surface area contributed by atoms with Crippen LogP contribution in [0.3, 0.4) is 0 Å². The molecule has 0 saturated carbocycles. The molecule has 1 aromatic heterocycles. The van der Waals surface area contributed by atoms with Crippen LogP contribution in [0.25, 0.3) is 11.5 Å². The molecule has 0 saturated heterocycles. The molecule has 7 heteroatoms. The van der Waals surface area contributed by atoms with Gasteiger partial charge in [0, 0.05) is 11.1 Å². The normalized spacial score (nSPS) is 10.4. The quantitative estimate of drug-likeness (QED) is 0.747. The smallest absolute Gasteiger partial charge is 0.254 e. The molecular formula is C17H15N3O4. The van der Waals surface area contributed by atoms with Crippen molar-refractivity contribution >= 4 is 5.91 Å². The van der Waals surface area contributed by atoms with E-state index in [-0.39, 0.29) is 6.61 Å². The summed E-state index contributed by atoms with van der Waals surface area (Å²) in [5.41, 5.74) is 6.39. The van der Waals surface area contributed by atoms with Crippen LogP contribution in [0.2, 0.25) is 0 Å². The maximum Gasteiger partial charge on any atom is 0.254 e. The Morgan fingerprint density at radius 3 is 2.33 bits per heavy atom. The molecule has 122 valence electrons. The zero-order valence-electron chi connectivity index (χ0n) is 12.9. The fourth-order valence-electron chi connectivity index (χ4n) is 2.02. The van der Waals surface area contributed by atoms with Gasteiger partial charge >= 0.3 is 0 Å². The van der Waals surface area contributed by atoms with E-state index in [1.54, 1.807) is 31.4 Å². The Hall–Kier alpha value is -3.35. The second-order valence-electron chi connectivity index (χ2n) is 4.91. The predicted octanol–water partition coefficient (Wildman–Crippen LogP) is 2.42. The van der Waals surface area contributed by atoms with Crippen molar-refractivity contribution in [3.8, 4) is 23.0 Å². The molecule has 2 aromatic carbocycles. The van der Waals surface area contributed by atoms with Crippen molar-refractivity contribution in [3.05, 3.63) is 60.0 Å². The zero-order chi connectivity index (χ0) is 16.9. The number of carbonyl (C=O) groups is 1. The summed E-state index contributed by atoms with van der Waals surface area (Å²) in [6, 6.07) is 13.8. The van der Waals surface area contributed by atoms with Crippen molar-refractivity contribution in [1.82, 2.24) is 10.2 Å². The van der Waals surface area contributed by atoms with E-state index in [1.807, 2.05) is 24.3 Å². The number of ether oxygens (including phenoxy) is 2. The van der Waals surface area contributed by atoms with Crippen molar-refractivity contribution in [2.75, 3.05) is 7.11 Å². The van der Waals surface area contributed by atoms with Gasteiger partial charge in [-0.1, -0.05) is 0 Å². The first kappa shape index (κ1) is 15.5. The summed E-state index contributed by atoms with van der Waals surface area (Å²) < 4.78 is 16.2. The Labute approximate surface area is 138 Å². The Balaban J connectivity index is 1.64. The maximum atomic E-state index is 11.0. The van der Waals surface area contributed by atoms with Gasteiger partial charge in [-0.25, -0.2) is 0 Å². The lowest BCUT2D eigenvalue weighted by Crippen LogP contribution is -2.10. The molecule has 3 aromatic rings. The number of primary amides is 1. The van der Waals surface area contributed by atoms with Crippen molar-refractivity contribution < 1.29 is 18.7 Å². The number of hydrogen-bond donors (Lipinski definition) is 1. The number of nitrogens with zero attached hydrogens (tertiary/aromatic N) is 2. The number of nitrogens with two attached hydrogens (primary N) is 1. The van der Waals surface area contributed by atoms with E-state index in [2.05, 4.69) is 10.2 Å². The van der Waals surface area contributed by atoms with Crippen molar-refractivity contribution in [1.29, 1.82) is 0 Å². The number of aromatic nitrogens is 2. The van der Waals surface area contributed by atoms with Gasteiger partial charge in [0.2, 0.25) is 11.8 Å². The fraction of sp³-hybridized carbons (Fsp3) is 0.118. The van der Waals surface area contributed by atoms with Crippen LogP contribution in [-0.2, 0) is 6.61 Å². The Morgan fingerprint density at radius 1 is 1.04 bits per heavy atom. The molecule has 0 aliphatic heterocycles. The van der Waals surface area contributed by atoms with Crippen LogP contribution in [0, 0.1) is 0 Å². The van der Waals surface area contributed by atoms with Gasteiger partial charge in [-0.15, -0.1) is 10.2 Å². The lowest BCUT2D eigenvalue weighted by Gasteiger charge is -2.03. The van der Waals surface area contributed by atoms with Crippen LogP contribution >= 0.6 is 0 Å². The summed E-state index contributed by atoms with van der Waals surface area (Å²) >= 11 is 0. The molecule has 7 nitrogen and oxygen atoms in total. The van der Waals surface area contributed by atoms with E-state index in [0.29, 0.717) is 23.1 Å². The lowest BCUT2D eigenvalue weighted by molar-refractivity contribution is 0.1000. The van der Waals surface area contributed by atoms with Crippen LogP contribution in [0.4, 0.5) is 0 Å². The fourth-order valence-corrected chi connectivity index (χ4v) is 2.02. The van der Waals surface area contributed by atoms with Gasteiger partial charge in [0.05, 0.1) is 7.11 Å². The molecule has 0 aliphatic rings. The molecule has 3 rings (SSSR count). The third-order valence-corrected chi connectivity index (χ3v) is 3.30. The van der Waals surface area contributed by atoms with Crippen LogP contribution in [0.15, 0.2) is 52.9 Å². The number of hydrogen-bond acceptors (Lipinski definition) is 6. The average Bonchev–Trinajstić information content (AvgIpc) is 3.09. The summed E-state index contributed by atoms with van der Waals surface area (Å²) in [6.07, 6.45) is 0. The highest BCUT2D eigenvalue weighted by molar-refractivity contribution is 5.92. The summed E-state index contributed by atoms with van der Waals surface area (Å²) in [6.45, 7) is 0.124. The molecule has 0 atom stereocenters. The Kier molecular flexibility index (Phi) is 4.42. The SMILES string of the molecule is COc1ccc(-c2nnc(COc3ccc(C(N)=O)cc3)o2)cc1. The van der Waals surface area contributed by atoms with Crippen molar-refractivity contribution in [2.24, 2.45) is 5.73 Å². The van der Waals surface area contributed by atoms with Crippen molar-refractivity contribution in [2.45, 2.75) is 6.61 Å². The van der Waals surface area contributed by atoms with Gasteiger partial charge in [-0.05, 0) is 48.5 Å². The lowest BCUT2D eigenvalue weighted by atomic mass is 10.2. The van der Waals surface area contributed by atoms with E-state index >= 15 is 0 Å². The van der Waals surface area contributed by atoms with Crippen molar-refractivity contribution in [3.63, 3.8) is 0 Å². The topological polar surface area (TPSA) is 100 Å². The largest absolute Gasteiger partial charge is 0.497 e. The molecule has 0 spiro atoms. The van der Waals surface area contributed by atoms with E-state index < -0.39 is 5.91 Å². The maximum absolute atomic E-state index is 11.0. The van der Waals surface area contributed by atoms with Crippen LogP contribution < -0.4 is 15.2 Å². The Bertz CT molecular complexity index is 826. The van der Waals surface area contributed by atoms with Gasteiger partial charge in [0.1, 0.15) is 11.5 Å². The molecule has 0 unspecified atom stereocenters. The molecule has 24 heavy (non-hydrogen) atoms. The van der Waals surface area contributed by atoms with E-state index in [4.69, 9.17) is 19.6 Å². The minimum Gasteiger partial charge on any atom is -0.497 e.